The highest BCUT2D eigenvalue weighted by atomic mass is 32.1. The van der Waals surface area contributed by atoms with E-state index in [1.165, 1.54) is 11.3 Å². The van der Waals surface area contributed by atoms with Crippen molar-refractivity contribution in [2.45, 2.75) is 18.9 Å². The van der Waals surface area contributed by atoms with E-state index in [9.17, 15) is 4.79 Å². The minimum Gasteiger partial charge on any atom is -0.396 e. The first kappa shape index (κ1) is 13.3. The number of amides is 1. The fraction of sp³-hybridized carbons (Fsp3) is 0.462. The summed E-state index contributed by atoms with van der Waals surface area (Å²) in [5, 5.41) is 3.07. The number of hydrogen-bond acceptors (Lipinski definition) is 6. The number of fused-ring (bicyclic) bond motifs is 1. The second kappa shape index (κ2) is 5.34. The smallest absolute Gasteiger partial charge is 0.263 e. The lowest BCUT2D eigenvalue weighted by Crippen LogP contribution is -2.43. The molecule has 7 heteroatoms. The number of carbonyl (C=O) groups is 1. The molecule has 0 saturated carbocycles. The quantitative estimate of drug-likeness (QED) is 0.865. The Kier molecular flexibility index (Phi) is 3.54. The lowest BCUT2D eigenvalue weighted by Gasteiger charge is -2.29. The highest BCUT2D eigenvalue weighted by Crippen LogP contribution is 2.30. The van der Waals surface area contributed by atoms with Crippen LogP contribution in [0.15, 0.2) is 12.4 Å². The molecule has 6 nitrogen and oxygen atoms in total. The van der Waals surface area contributed by atoms with Crippen LogP contribution in [0.4, 0.5) is 5.69 Å². The normalized spacial score (nSPS) is 17.4. The summed E-state index contributed by atoms with van der Waals surface area (Å²) < 4.78 is 0. The van der Waals surface area contributed by atoms with E-state index in [-0.39, 0.29) is 11.9 Å². The zero-order valence-electron chi connectivity index (χ0n) is 11.3. The molecule has 0 spiro atoms. The van der Waals surface area contributed by atoms with Crippen LogP contribution >= 0.6 is 11.3 Å². The number of rotatable bonds is 2. The Balaban J connectivity index is 1.77. The Labute approximate surface area is 121 Å². The number of nitrogens with one attached hydrogen (secondary N) is 1. The van der Waals surface area contributed by atoms with Gasteiger partial charge in [0.15, 0.2) is 0 Å². The molecule has 0 aliphatic carbocycles. The van der Waals surface area contributed by atoms with Crippen LogP contribution in [0.2, 0.25) is 0 Å². The summed E-state index contributed by atoms with van der Waals surface area (Å²) in [5.74, 6) is -0.109. The Morgan fingerprint density at radius 3 is 2.80 bits per heavy atom. The summed E-state index contributed by atoms with van der Waals surface area (Å²) in [7, 11) is 2.10. The van der Waals surface area contributed by atoms with Crippen LogP contribution in [-0.4, -0.2) is 47.0 Å². The number of nitrogens with zero attached hydrogens (tertiary/aromatic N) is 3. The van der Waals surface area contributed by atoms with E-state index >= 15 is 0 Å². The van der Waals surface area contributed by atoms with Crippen LogP contribution in [-0.2, 0) is 0 Å². The van der Waals surface area contributed by atoms with Gasteiger partial charge in [0.25, 0.3) is 5.91 Å². The van der Waals surface area contributed by atoms with Gasteiger partial charge >= 0.3 is 0 Å². The van der Waals surface area contributed by atoms with E-state index in [2.05, 4.69) is 27.2 Å². The zero-order valence-corrected chi connectivity index (χ0v) is 12.1. The van der Waals surface area contributed by atoms with Crippen molar-refractivity contribution in [1.29, 1.82) is 0 Å². The third-order valence-corrected chi connectivity index (χ3v) is 4.72. The number of nitrogens with two attached hydrogens (primary N) is 1. The molecule has 0 unspecified atom stereocenters. The van der Waals surface area contributed by atoms with Crippen molar-refractivity contribution in [3.8, 4) is 0 Å². The highest BCUT2D eigenvalue weighted by Gasteiger charge is 2.22. The molecule has 2 aromatic heterocycles. The van der Waals surface area contributed by atoms with Gasteiger partial charge in [-0.2, -0.15) is 0 Å². The van der Waals surface area contributed by atoms with Crippen LogP contribution in [0.1, 0.15) is 22.5 Å². The van der Waals surface area contributed by atoms with Gasteiger partial charge in [-0.3, -0.25) is 4.79 Å². The Hall–Kier alpha value is -1.73. The topological polar surface area (TPSA) is 84.1 Å². The molecule has 0 aromatic carbocycles. The van der Waals surface area contributed by atoms with E-state index in [0.717, 1.165) is 25.9 Å². The van der Waals surface area contributed by atoms with Crippen LogP contribution in [0, 0.1) is 0 Å². The number of carbonyl (C=O) groups excluding carboxylic acids is 1. The van der Waals surface area contributed by atoms with Crippen molar-refractivity contribution < 1.29 is 4.79 Å². The largest absolute Gasteiger partial charge is 0.396 e. The highest BCUT2D eigenvalue weighted by molar-refractivity contribution is 7.21. The summed E-state index contributed by atoms with van der Waals surface area (Å²) in [4.78, 5) is 24.2. The number of piperidine rings is 1. The second-order valence-corrected chi connectivity index (χ2v) is 6.11. The lowest BCUT2D eigenvalue weighted by molar-refractivity contribution is 0.0922. The fourth-order valence-corrected chi connectivity index (χ4v) is 3.34. The van der Waals surface area contributed by atoms with Gasteiger partial charge in [0.1, 0.15) is 15.2 Å². The third-order valence-electron chi connectivity index (χ3n) is 3.62. The summed E-state index contributed by atoms with van der Waals surface area (Å²) >= 11 is 1.30. The van der Waals surface area contributed by atoms with Gasteiger partial charge in [-0.05, 0) is 33.0 Å². The molecule has 1 fully saturated rings. The van der Waals surface area contributed by atoms with Gasteiger partial charge in [-0.15, -0.1) is 11.3 Å². The monoisotopic (exact) mass is 291 g/mol. The molecule has 1 amide bonds. The molecule has 0 atom stereocenters. The molecule has 0 bridgehead atoms. The van der Waals surface area contributed by atoms with Crippen molar-refractivity contribution >= 4 is 33.3 Å². The second-order valence-electron chi connectivity index (χ2n) is 5.11. The van der Waals surface area contributed by atoms with Crippen LogP contribution < -0.4 is 11.1 Å². The first-order chi connectivity index (χ1) is 9.65. The maximum Gasteiger partial charge on any atom is 0.263 e. The first-order valence-corrected chi connectivity index (χ1v) is 7.45. The third kappa shape index (κ3) is 2.46. The standard InChI is InChI=1S/C13H17N5OS/c1-18-6-2-8(3-7-18)17-12(19)11-9(14)10-13(20-11)16-5-4-15-10/h4-5,8H,2-3,6-7,14H2,1H3,(H,17,19). The number of likely N-dealkylation sites (tertiary alicyclic amines) is 1. The number of hydrogen-bond donors (Lipinski definition) is 2. The van der Waals surface area contributed by atoms with Crippen LogP contribution in [0.3, 0.4) is 0 Å². The SMILES string of the molecule is CN1CCC(NC(=O)c2sc3nccnc3c2N)CC1. The predicted octanol–water partition coefficient (Wildman–Crippen LogP) is 1.10. The fourth-order valence-electron chi connectivity index (χ4n) is 2.42. The van der Waals surface area contributed by atoms with Crippen molar-refractivity contribution in [2.24, 2.45) is 0 Å². The Morgan fingerprint density at radius 1 is 1.40 bits per heavy atom. The molecule has 3 N–H and O–H groups in total. The Bertz CT molecular complexity index is 633. The number of aromatic nitrogens is 2. The van der Waals surface area contributed by atoms with E-state index < -0.39 is 0 Å². The average molecular weight is 291 g/mol. The maximum atomic E-state index is 12.3. The van der Waals surface area contributed by atoms with Gasteiger partial charge in [0, 0.05) is 18.4 Å². The molecular weight excluding hydrogens is 274 g/mol. The number of anilines is 1. The first-order valence-electron chi connectivity index (χ1n) is 6.63. The molecule has 1 saturated heterocycles. The predicted molar refractivity (Wildman–Crippen MR) is 79.8 cm³/mol. The van der Waals surface area contributed by atoms with Crippen molar-refractivity contribution in [1.82, 2.24) is 20.2 Å². The maximum absolute atomic E-state index is 12.3. The molecular formula is C13H17N5OS. The Morgan fingerprint density at radius 2 is 2.10 bits per heavy atom. The van der Waals surface area contributed by atoms with E-state index in [4.69, 9.17) is 5.73 Å². The van der Waals surface area contributed by atoms with Gasteiger partial charge in [-0.25, -0.2) is 9.97 Å². The van der Waals surface area contributed by atoms with Crippen molar-refractivity contribution in [3.63, 3.8) is 0 Å². The number of nitrogen functional groups attached to an aromatic ring is 1. The van der Waals surface area contributed by atoms with Crippen molar-refractivity contribution in [3.05, 3.63) is 17.3 Å². The lowest BCUT2D eigenvalue weighted by atomic mass is 10.1. The summed E-state index contributed by atoms with van der Waals surface area (Å²) in [5.41, 5.74) is 7.06. The summed E-state index contributed by atoms with van der Waals surface area (Å²) in [6, 6.07) is 0.226. The molecule has 1 aliphatic heterocycles. The van der Waals surface area contributed by atoms with Gasteiger partial charge in [-0.1, -0.05) is 0 Å². The minimum absolute atomic E-state index is 0.109. The van der Waals surface area contributed by atoms with Crippen LogP contribution in [0.25, 0.3) is 10.3 Å². The van der Waals surface area contributed by atoms with E-state index in [1.54, 1.807) is 12.4 Å². The molecule has 0 radical (unpaired) electrons. The molecule has 2 aromatic rings. The summed E-state index contributed by atoms with van der Waals surface area (Å²) in [6.07, 6.45) is 5.15. The number of thiophene rings is 1. The molecule has 3 rings (SSSR count). The van der Waals surface area contributed by atoms with Crippen LogP contribution in [0.5, 0.6) is 0 Å². The van der Waals surface area contributed by atoms with E-state index in [1.807, 2.05) is 0 Å². The van der Waals surface area contributed by atoms with Gasteiger partial charge in [0.05, 0.1) is 5.69 Å². The zero-order chi connectivity index (χ0) is 14.1. The summed E-state index contributed by atoms with van der Waals surface area (Å²) in [6.45, 7) is 2.02. The molecule has 20 heavy (non-hydrogen) atoms. The molecule has 1 aliphatic rings. The van der Waals surface area contributed by atoms with E-state index in [0.29, 0.717) is 20.9 Å². The van der Waals surface area contributed by atoms with Gasteiger partial charge < -0.3 is 16.0 Å². The molecule has 106 valence electrons. The molecule has 3 heterocycles. The average Bonchev–Trinajstić information content (AvgIpc) is 2.79. The minimum atomic E-state index is -0.109. The van der Waals surface area contributed by atoms with Crippen molar-refractivity contribution in [2.75, 3.05) is 25.9 Å². The van der Waals surface area contributed by atoms with Gasteiger partial charge in [0.2, 0.25) is 0 Å².